The minimum atomic E-state index is 0.164. The van der Waals surface area contributed by atoms with Gasteiger partial charge < -0.3 is 10.1 Å². The Labute approximate surface area is 257 Å². The van der Waals surface area contributed by atoms with E-state index in [2.05, 4.69) is 97.7 Å². The monoisotopic (exact) mass is 563 g/mol. The second-order valence-electron chi connectivity index (χ2n) is 13.6. The number of nitrogens with one attached hydrogen (secondary N) is 1. The molecular weight excluding hydrogens is 523 g/mol. The molecule has 43 heavy (non-hydrogen) atoms. The fourth-order valence-corrected chi connectivity index (χ4v) is 9.27. The van der Waals surface area contributed by atoms with Crippen LogP contribution in [0.4, 0.5) is 0 Å². The van der Waals surface area contributed by atoms with Crippen molar-refractivity contribution >= 4 is 13.0 Å². The van der Waals surface area contributed by atoms with Crippen molar-refractivity contribution in [2.45, 2.75) is 63.2 Å². The summed E-state index contributed by atoms with van der Waals surface area (Å²) in [6, 6.07) is 0. The fraction of sp³-hybridized carbons (Fsp3) is 0.410. The summed E-state index contributed by atoms with van der Waals surface area (Å²) in [4.78, 5) is 5.50. The molecule has 0 spiro atoms. The highest BCUT2D eigenvalue weighted by Gasteiger charge is 2.44. The standard InChI is InChI=1S/C39H40BN2O/c1-3-14-30-27(11-1)28-12-2-4-15-31(28)38-37(30)41-23-35(42-38)26-10-7-9-24(21-26)25-19-20-40-34(22-25)33-17-8-16-32-29-13-5-6-18-36(29)43-39(32)33/h1,3-4,6,8-9,11,14-19,21,27-28,30-32,34,39,41H,2,5,7,10,12-13,20,22-23H2. The third-order valence-electron chi connectivity index (χ3n) is 11.4. The lowest BCUT2D eigenvalue weighted by molar-refractivity contribution is 0.159. The molecule has 0 fully saturated rings. The number of hydrogen-bond acceptors (Lipinski definition) is 3. The average molecular weight is 564 g/mol. The molecule has 9 rings (SSSR count). The Bertz CT molecular complexity index is 1620. The summed E-state index contributed by atoms with van der Waals surface area (Å²) < 4.78 is 6.59. The maximum Gasteiger partial charge on any atom is 0.130 e. The molecule has 3 nitrogen and oxygen atoms in total. The fourth-order valence-electron chi connectivity index (χ4n) is 9.27. The van der Waals surface area contributed by atoms with E-state index in [-0.39, 0.29) is 6.10 Å². The van der Waals surface area contributed by atoms with Crippen LogP contribution in [0.25, 0.3) is 0 Å². The summed E-state index contributed by atoms with van der Waals surface area (Å²) in [6.07, 6.45) is 42.2. The highest BCUT2D eigenvalue weighted by atomic mass is 16.5. The van der Waals surface area contributed by atoms with Gasteiger partial charge >= 0.3 is 0 Å². The highest BCUT2D eigenvalue weighted by Crippen LogP contribution is 2.50. The van der Waals surface area contributed by atoms with Gasteiger partial charge in [-0.15, -0.1) is 0 Å². The quantitative estimate of drug-likeness (QED) is 0.277. The number of allylic oxidation sites excluding steroid dienone is 15. The normalized spacial score (nSPS) is 36.8. The average Bonchev–Trinajstić information content (AvgIpc) is 3.47. The van der Waals surface area contributed by atoms with Crippen molar-refractivity contribution in [3.63, 3.8) is 0 Å². The van der Waals surface area contributed by atoms with E-state index in [9.17, 15) is 0 Å². The molecule has 9 aliphatic rings. The zero-order valence-corrected chi connectivity index (χ0v) is 24.9. The molecule has 0 saturated heterocycles. The number of ether oxygens (including phenoxy) is 1. The smallest absolute Gasteiger partial charge is 0.130 e. The Morgan fingerprint density at radius 2 is 1.84 bits per heavy atom. The van der Waals surface area contributed by atoms with Crippen LogP contribution in [0.15, 0.2) is 135 Å². The lowest BCUT2D eigenvalue weighted by Gasteiger charge is -2.45. The summed E-state index contributed by atoms with van der Waals surface area (Å²) in [7, 11) is 2.51. The van der Waals surface area contributed by atoms with Crippen LogP contribution in [-0.4, -0.2) is 25.6 Å². The molecule has 4 heteroatoms. The molecule has 1 radical (unpaired) electrons. The molecule has 0 aromatic carbocycles. The van der Waals surface area contributed by atoms with E-state index in [1.807, 2.05) is 0 Å². The summed E-state index contributed by atoms with van der Waals surface area (Å²) in [5.74, 6) is 4.08. The number of rotatable bonds is 3. The van der Waals surface area contributed by atoms with Crippen molar-refractivity contribution in [2.24, 2.45) is 34.6 Å². The molecule has 0 aromatic heterocycles. The van der Waals surface area contributed by atoms with Crippen LogP contribution in [0.5, 0.6) is 0 Å². The molecule has 215 valence electrons. The molecule has 0 amide bonds. The van der Waals surface area contributed by atoms with Crippen LogP contribution in [0, 0.1) is 29.6 Å². The van der Waals surface area contributed by atoms with Crippen molar-refractivity contribution in [1.82, 2.24) is 5.32 Å². The van der Waals surface area contributed by atoms with Gasteiger partial charge in [-0.05, 0) is 103 Å². The van der Waals surface area contributed by atoms with E-state index in [1.165, 1.54) is 57.8 Å². The van der Waals surface area contributed by atoms with Gasteiger partial charge in [-0.2, -0.15) is 0 Å². The van der Waals surface area contributed by atoms with Crippen LogP contribution in [0.3, 0.4) is 0 Å². The number of nitrogens with zero attached hydrogens (tertiary/aromatic N) is 1. The molecule has 3 heterocycles. The Morgan fingerprint density at radius 1 is 0.884 bits per heavy atom. The first-order chi connectivity index (χ1) is 21.3. The number of hydrogen-bond donors (Lipinski definition) is 1. The summed E-state index contributed by atoms with van der Waals surface area (Å²) >= 11 is 0. The van der Waals surface area contributed by atoms with Crippen molar-refractivity contribution < 1.29 is 4.74 Å². The van der Waals surface area contributed by atoms with E-state index < -0.39 is 0 Å². The van der Waals surface area contributed by atoms with Crippen molar-refractivity contribution in [1.29, 1.82) is 0 Å². The predicted molar refractivity (Wildman–Crippen MR) is 176 cm³/mol. The van der Waals surface area contributed by atoms with E-state index in [0.29, 0.717) is 35.4 Å². The lowest BCUT2D eigenvalue weighted by Crippen LogP contribution is -2.43. The Morgan fingerprint density at radius 3 is 2.84 bits per heavy atom. The molecule has 0 bridgehead atoms. The number of fused-ring (bicyclic) bond motifs is 7. The first-order valence-corrected chi connectivity index (χ1v) is 16.8. The predicted octanol–water partition coefficient (Wildman–Crippen LogP) is 8.20. The molecule has 1 N–H and O–H groups in total. The van der Waals surface area contributed by atoms with Crippen LogP contribution in [0.1, 0.15) is 44.9 Å². The van der Waals surface area contributed by atoms with E-state index in [4.69, 9.17) is 9.73 Å². The minimum Gasteiger partial charge on any atom is -0.485 e. The van der Waals surface area contributed by atoms with Crippen LogP contribution in [0.2, 0.25) is 12.1 Å². The molecule has 0 aromatic rings. The van der Waals surface area contributed by atoms with Crippen molar-refractivity contribution in [3.8, 4) is 0 Å². The van der Waals surface area contributed by atoms with Crippen molar-refractivity contribution in [2.75, 3.05) is 6.54 Å². The van der Waals surface area contributed by atoms with Gasteiger partial charge in [0, 0.05) is 23.5 Å². The second-order valence-corrected chi connectivity index (χ2v) is 13.6. The maximum absolute atomic E-state index is 6.59. The van der Waals surface area contributed by atoms with Crippen LogP contribution >= 0.6 is 0 Å². The Balaban J connectivity index is 0.967. The zero-order valence-electron chi connectivity index (χ0n) is 24.9. The highest BCUT2D eigenvalue weighted by molar-refractivity contribution is 6.40. The molecule has 0 saturated carbocycles. The Kier molecular flexibility index (Phi) is 6.38. The molecule has 6 aliphatic carbocycles. The van der Waals surface area contributed by atoms with E-state index >= 15 is 0 Å². The topological polar surface area (TPSA) is 33.6 Å². The first kappa shape index (κ1) is 25.9. The van der Waals surface area contributed by atoms with Gasteiger partial charge in [-0.1, -0.05) is 79.2 Å². The molecule has 3 aliphatic heterocycles. The molecule has 7 unspecified atom stereocenters. The van der Waals surface area contributed by atoms with Crippen molar-refractivity contribution in [3.05, 3.63) is 130 Å². The van der Waals surface area contributed by atoms with Gasteiger partial charge in [0.2, 0.25) is 0 Å². The minimum absolute atomic E-state index is 0.164. The summed E-state index contributed by atoms with van der Waals surface area (Å²) in [6.45, 7) is 0.834. The van der Waals surface area contributed by atoms with E-state index in [1.54, 1.807) is 0 Å². The largest absolute Gasteiger partial charge is 0.485 e. The van der Waals surface area contributed by atoms with Gasteiger partial charge in [-0.25, -0.2) is 0 Å². The SMILES string of the molecule is [B]1CC=C(C2=CCCC(C3=NC4=C(NC3)C3C=CC=CC3C3CCC=CC43)=C2)CC1C1=CC=CC2C3=C(C=CCC3)OC12. The third-order valence-corrected chi connectivity index (χ3v) is 11.4. The van der Waals surface area contributed by atoms with Gasteiger partial charge in [0.1, 0.15) is 19.1 Å². The number of aliphatic imine (C=N–C) groups is 1. The summed E-state index contributed by atoms with van der Waals surface area (Å²) in [5.41, 5.74) is 11.2. The third kappa shape index (κ3) is 4.35. The van der Waals surface area contributed by atoms with Crippen LogP contribution in [-0.2, 0) is 4.74 Å². The van der Waals surface area contributed by atoms with E-state index in [0.717, 1.165) is 50.7 Å². The lowest BCUT2D eigenvalue weighted by atomic mass is 9.52. The molecule has 7 atom stereocenters. The zero-order chi connectivity index (χ0) is 28.3. The van der Waals surface area contributed by atoms with Gasteiger partial charge in [0.05, 0.1) is 18.0 Å². The van der Waals surface area contributed by atoms with Gasteiger partial charge in [0.15, 0.2) is 0 Å². The maximum atomic E-state index is 6.59. The van der Waals surface area contributed by atoms with Crippen LogP contribution < -0.4 is 5.32 Å². The summed E-state index contributed by atoms with van der Waals surface area (Å²) in [5, 5.41) is 3.90. The van der Waals surface area contributed by atoms with Gasteiger partial charge in [-0.3, -0.25) is 4.99 Å². The molecular formula is C39H40BN2O. The van der Waals surface area contributed by atoms with Gasteiger partial charge in [0.25, 0.3) is 0 Å². The first-order valence-electron chi connectivity index (χ1n) is 16.8. The Hall–Kier alpha value is -3.53. The second kappa shape index (κ2) is 10.6.